The van der Waals surface area contributed by atoms with Crippen molar-refractivity contribution in [3.8, 4) is 11.5 Å². The van der Waals surface area contributed by atoms with E-state index in [4.69, 9.17) is 0 Å². The lowest BCUT2D eigenvalue weighted by molar-refractivity contribution is 0.440. The van der Waals surface area contributed by atoms with Crippen LogP contribution in [0, 0.1) is 0 Å². The number of rotatable bonds is 3. The van der Waals surface area contributed by atoms with E-state index in [0.29, 0.717) is 11.5 Å². The van der Waals surface area contributed by atoms with Gasteiger partial charge in [-0.1, -0.05) is 105 Å². The molecule has 0 saturated heterocycles. The van der Waals surface area contributed by atoms with E-state index in [1.165, 1.54) is 9.79 Å². The third kappa shape index (κ3) is 6.20. The lowest BCUT2D eigenvalue weighted by Crippen LogP contribution is -2.17. The molecule has 2 nitrogen and oxygen atoms in total. The Morgan fingerprint density at radius 3 is 0.906 bits per heavy atom. The molecular weight excluding hydrogens is 432 g/mol. The van der Waals surface area contributed by atoms with Crippen LogP contribution < -0.4 is 0 Å². The van der Waals surface area contributed by atoms with Crippen molar-refractivity contribution in [3.63, 3.8) is 0 Å². The van der Waals surface area contributed by atoms with Gasteiger partial charge >= 0.3 is 0 Å². The van der Waals surface area contributed by atoms with Gasteiger partial charge in [0.1, 0.15) is 11.5 Å². The summed E-state index contributed by atoms with van der Waals surface area (Å²) in [7, 11) is 3.49. The Bertz CT molecular complexity index is 897. The molecule has 2 aromatic carbocycles. The summed E-state index contributed by atoms with van der Waals surface area (Å²) in [6.45, 7) is 25.9. The van der Waals surface area contributed by atoms with Crippen LogP contribution in [0.2, 0.25) is 0 Å². The summed E-state index contributed by atoms with van der Waals surface area (Å²) in [5.74, 6) is 0.735. The molecule has 2 rings (SSSR count). The Hall–Kier alpha value is -1.26. The minimum Gasteiger partial charge on any atom is -0.508 e. The molecule has 0 aliphatic rings. The Kier molecular flexibility index (Phi) is 7.45. The van der Waals surface area contributed by atoms with E-state index < -0.39 is 0 Å². The zero-order valence-electron chi connectivity index (χ0n) is 22.0. The molecule has 32 heavy (non-hydrogen) atoms. The number of hydrogen-bond donors (Lipinski definition) is 2. The normalized spacial score (nSPS) is 13.5. The van der Waals surface area contributed by atoms with Gasteiger partial charge in [0, 0.05) is 20.9 Å². The van der Waals surface area contributed by atoms with Crippen molar-refractivity contribution >= 4 is 21.6 Å². The largest absolute Gasteiger partial charge is 0.508 e. The smallest absolute Gasteiger partial charge is 0.119 e. The Morgan fingerprint density at radius 1 is 0.438 bits per heavy atom. The molecular formula is C28H42O2S2. The van der Waals surface area contributed by atoms with Gasteiger partial charge in [-0.2, -0.15) is 0 Å². The molecule has 0 saturated carbocycles. The molecule has 0 fully saturated rings. The number of benzene rings is 2. The van der Waals surface area contributed by atoms with E-state index in [1.54, 1.807) is 21.6 Å². The van der Waals surface area contributed by atoms with Gasteiger partial charge in [-0.25, -0.2) is 0 Å². The predicted octanol–water partition coefficient (Wildman–Crippen LogP) is 9.09. The van der Waals surface area contributed by atoms with E-state index in [1.807, 2.05) is 12.1 Å². The monoisotopic (exact) mass is 474 g/mol. The molecule has 0 amide bonds. The highest BCUT2D eigenvalue weighted by atomic mass is 33.1. The molecule has 0 aliphatic heterocycles. The van der Waals surface area contributed by atoms with Gasteiger partial charge in [0.05, 0.1) is 0 Å². The Labute approximate surface area is 204 Å². The average Bonchev–Trinajstić information content (AvgIpc) is 2.57. The van der Waals surface area contributed by atoms with Crippen LogP contribution in [0.4, 0.5) is 0 Å². The second kappa shape index (κ2) is 8.83. The topological polar surface area (TPSA) is 40.5 Å². The van der Waals surface area contributed by atoms with Crippen LogP contribution in [-0.2, 0) is 21.7 Å². The fourth-order valence-electron chi connectivity index (χ4n) is 3.74. The molecule has 2 aromatic rings. The maximum absolute atomic E-state index is 10.8. The standard InChI is InChI=1S/C28H42O2S2/c1-25(2,3)17-15-23(19(13-21(17)29)27(7,8)9)31-32-24-16-18(26(4,5)6)22(30)14-20(24)28(10,11)12/h13-16,29-30H,1-12H3. The second-order valence-corrected chi connectivity index (χ2v) is 15.1. The van der Waals surface area contributed by atoms with Crippen LogP contribution in [-0.4, -0.2) is 10.2 Å². The van der Waals surface area contributed by atoms with Crippen LogP contribution in [0.3, 0.4) is 0 Å². The van der Waals surface area contributed by atoms with Crippen molar-refractivity contribution in [2.75, 3.05) is 0 Å². The number of phenols is 2. The van der Waals surface area contributed by atoms with Crippen molar-refractivity contribution in [1.29, 1.82) is 0 Å². The summed E-state index contributed by atoms with van der Waals surface area (Å²) in [4.78, 5) is 2.35. The highest BCUT2D eigenvalue weighted by Crippen LogP contribution is 2.49. The molecule has 0 aromatic heterocycles. The summed E-state index contributed by atoms with van der Waals surface area (Å²) < 4.78 is 0. The lowest BCUT2D eigenvalue weighted by Gasteiger charge is -2.29. The third-order valence-electron chi connectivity index (χ3n) is 5.65. The first-order chi connectivity index (χ1) is 14.2. The van der Waals surface area contributed by atoms with Gasteiger partial charge in [-0.15, -0.1) is 0 Å². The fourth-order valence-corrected chi connectivity index (χ4v) is 6.53. The van der Waals surface area contributed by atoms with Crippen LogP contribution in [0.15, 0.2) is 34.1 Å². The van der Waals surface area contributed by atoms with E-state index in [-0.39, 0.29) is 21.7 Å². The average molecular weight is 475 g/mol. The van der Waals surface area contributed by atoms with Gasteiger partial charge in [0.25, 0.3) is 0 Å². The SMILES string of the molecule is CC(C)(C)c1cc(SSc2cc(C(C)(C)C)c(O)cc2C(C)(C)C)c(C(C)(C)C)cc1O. The summed E-state index contributed by atoms with van der Waals surface area (Å²) in [5.41, 5.74) is 3.76. The van der Waals surface area contributed by atoms with E-state index >= 15 is 0 Å². The zero-order chi connectivity index (χ0) is 24.9. The molecule has 0 radical (unpaired) electrons. The van der Waals surface area contributed by atoms with E-state index in [9.17, 15) is 10.2 Å². The number of aromatic hydroxyl groups is 2. The Balaban J connectivity index is 2.62. The van der Waals surface area contributed by atoms with Crippen LogP contribution >= 0.6 is 21.6 Å². The summed E-state index contributed by atoms with van der Waals surface area (Å²) >= 11 is 0. The molecule has 178 valence electrons. The van der Waals surface area contributed by atoms with E-state index in [2.05, 4.69) is 95.2 Å². The quantitative estimate of drug-likeness (QED) is 0.435. The minimum absolute atomic E-state index is 0.0881. The number of hydrogen-bond acceptors (Lipinski definition) is 4. The van der Waals surface area contributed by atoms with Gasteiger partial charge < -0.3 is 10.2 Å². The minimum atomic E-state index is -0.144. The van der Waals surface area contributed by atoms with Crippen LogP contribution in [0.1, 0.15) is 105 Å². The van der Waals surface area contributed by atoms with Crippen LogP contribution in [0.25, 0.3) is 0 Å². The first kappa shape index (κ1) is 27.0. The first-order valence-electron chi connectivity index (χ1n) is 11.3. The molecule has 0 atom stereocenters. The maximum Gasteiger partial charge on any atom is 0.119 e. The summed E-state index contributed by atoms with van der Waals surface area (Å²) in [6.07, 6.45) is 0. The van der Waals surface area contributed by atoms with Crippen molar-refractivity contribution < 1.29 is 10.2 Å². The lowest BCUT2D eigenvalue weighted by atomic mass is 9.81. The van der Waals surface area contributed by atoms with E-state index in [0.717, 1.165) is 22.3 Å². The molecule has 0 aliphatic carbocycles. The van der Waals surface area contributed by atoms with Gasteiger partial charge in [0.2, 0.25) is 0 Å². The molecule has 4 heteroatoms. The summed E-state index contributed by atoms with van der Waals surface area (Å²) in [6, 6.07) is 8.22. The van der Waals surface area contributed by atoms with Gasteiger partial charge in [-0.05, 0) is 57.1 Å². The van der Waals surface area contributed by atoms with Crippen molar-refractivity contribution in [2.45, 2.75) is 115 Å². The highest BCUT2D eigenvalue weighted by Gasteiger charge is 2.28. The second-order valence-electron chi connectivity index (χ2n) is 12.9. The van der Waals surface area contributed by atoms with Crippen molar-refractivity contribution in [2.24, 2.45) is 0 Å². The number of phenolic OH excluding ortho intramolecular Hbond substituents is 2. The van der Waals surface area contributed by atoms with Crippen LogP contribution in [0.5, 0.6) is 11.5 Å². The van der Waals surface area contributed by atoms with Gasteiger partial charge in [-0.3, -0.25) is 0 Å². The molecule has 0 heterocycles. The Morgan fingerprint density at radius 2 is 0.688 bits per heavy atom. The third-order valence-corrected chi connectivity index (χ3v) is 8.09. The molecule has 2 N–H and O–H groups in total. The first-order valence-corrected chi connectivity index (χ1v) is 13.5. The maximum atomic E-state index is 10.8. The fraction of sp³-hybridized carbons (Fsp3) is 0.571. The van der Waals surface area contributed by atoms with Gasteiger partial charge in [0.15, 0.2) is 0 Å². The molecule has 0 spiro atoms. The predicted molar refractivity (Wildman–Crippen MR) is 143 cm³/mol. The van der Waals surface area contributed by atoms with Crippen molar-refractivity contribution in [1.82, 2.24) is 0 Å². The molecule has 0 bridgehead atoms. The highest BCUT2D eigenvalue weighted by molar-refractivity contribution is 8.76. The van der Waals surface area contributed by atoms with Crippen molar-refractivity contribution in [3.05, 3.63) is 46.5 Å². The zero-order valence-corrected chi connectivity index (χ0v) is 23.7. The summed E-state index contributed by atoms with van der Waals surface area (Å²) in [5, 5.41) is 21.5. The molecule has 0 unspecified atom stereocenters.